The van der Waals surface area contributed by atoms with E-state index in [0.717, 1.165) is 29.4 Å². The summed E-state index contributed by atoms with van der Waals surface area (Å²) in [7, 11) is 0. The molecular weight excluding hydrogens is 452 g/mol. The molecule has 0 aliphatic carbocycles. The van der Waals surface area contributed by atoms with Crippen molar-refractivity contribution in [2.45, 2.75) is 64.8 Å². The van der Waals surface area contributed by atoms with Crippen LogP contribution in [0.2, 0.25) is 0 Å². The number of pyridine rings is 1. The number of benzene rings is 3. The lowest BCUT2D eigenvalue weighted by atomic mass is 9.79. The second-order valence-electron chi connectivity index (χ2n) is 10.9. The van der Waals surface area contributed by atoms with Gasteiger partial charge in [0.05, 0.1) is 11.2 Å². The number of aromatic nitrogens is 1. The first kappa shape index (κ1) is 26.6. The first-order valence-corrected chi connectivity index (χ1v) is 13.5. The van der Waals surface area contributed by atoms with Crippen molar-refractivity contribution in [2.75, 3.05) is 0 Å². The molecule has 0 spiro atoms. The van der Waals surface area contributed by atoms with Gasteiger partial charge in [0.15, 0.2) is 0 Å². The predicted molar refractivity (Wildman–Crippen MR) is 158 cm³/mol. The number of hydrogen-bond acceptors (Lipinski definition) is 3. The van der Waals surface area contributed by atoms with E-state index in [9.17, 15) is 5.11 Å². The van der Waals surface area contributed by atoms with E-state index in [4.69, 9.17) is 10.7 Å². The van der Waals surface area contributed by atoms with Crippen LogP contribution in [0.5, 0.6) is 5.75 Å². The number of fused-ring (bicyclic) bond motifs is 1. The Kier molecular flexibility index (Phi) is 8.45. The van der Waals surface area contributed by atoms with Gasteiger partial charge < -0.3 is 10.8 Å². The van der Waals surface area contributed by atoms with Crippen LogP contribution in [0.4, 0.5) is 0 Å². The van der Waals surface area contributed by atoms with E-state index >= 15 is 0 Å². The number of rotatable bonds is 10. The van der Waals surface area contributed by atoms with Crippen LogP contribution in [-0.2, 0) is 12.0 Å². The Morgan fingerprint density at radius 3 is 2.49 bits per heavy atom. The molecule has 0 radical (unpaired) electrons. The van der Waals surface area contributed by atoms with Crippen LogP contribution >= 0.6 is 0 Å². The van der Waals surface area contributed by atoms with Crippen molar-refractivity contribution in [1.82, 2.24) is 4.98 Å². The van der Waals surface area contributed by atoms with Gasteiger partial charge >= 0.3 is 0 Å². The van der Waals surface area contributed by atoms with Gasteiger partial charge in [0.2, 0.25) is 0 Å². The Balaban J connectivity index is 1.57. The summed E-state index contributed by atoms with van der Waals surface area (Å²) in [6.07, 6.45) is 8.69. The standard InChI is InChI=1S/C34H40N2O/c1-5-9-24(2)31(21-17-26-11-6-7-13-32(26)34(3,4)35)28-12-8-10-25(22-28)14-18-29-19-15-27-16-20-30(37)23-33(27)36-29/h6-8,10-16,18-20,22-24,31,37H,5,9,17,21,35H2,1-4H3/b18-14+. The molecule has 3 N–H and O–H groups in total. The first-order chi connectivity index (χ1) is 17.7. The monoisotopic (exact) mass is 492 g/mol. The third kappa shape index (κ3) is 6.87. The second-order valence-corrected chi connectivity index (χ2v) is 10.9. The summed E-state index contributed by atoms with van der Waals surface area (Å²) in [4.78, 5) is 4.70. The van der Waals surface area contributed by atoms with Gasteiger partial charge in [-0.3, -0.25) is 0 Å². The molecule has 4 rings (SSSR count). The van der Waals surface area contributed by atoms with Gasteiger partial charge in [-0.2, -0.15) is 0 Å². The molecule has 2 unspecified atom stereocenters. The zero-order valence-corrected chi connectivity index (χ0v) is 22.6. The van der Waals surface area contributed by atoms with Crippen LogP contribution in [0, 0.1) is 5.92 Å². The van der Waals surface area contributed by atoms with Crippen LogP contribution in [-0.4, -0.2) is 10.1 Å². The second kappa shape index (κ2) is 11.7. The molecule has 1 aromatic heterocycles. The number of hydrogen-bond donors (Lipinski definition) is 2. The van der Waals surface area contributed by atoms with Gasteiger partial charge in [-0.25, -0.2) is 4.98 Å². The third-order valence-electron chi connectivity index (χ3n) is 7.35. The Morgan fingerprint density at radius 2 is 1.70 bits per heavy atom. The maximum atomic E-state index is 9.80. The van der Waals surface area contributed by atoms with E-state index in [0.29, 0.717) is 11.8 Å². The van der Waals surface area contributed by atoms with Crippen molar-refractivity contribution in [3.63, 3.8) is 0 Å². The summed E-state index contributed by atoms with van der Waals surface area (Å²) in [6.45, 7) is 8.84. The predicted octanol–water partition coefficient (Wildman–Crippen LogP) is 8.46. The normalized spacial score (nSPS) is 13.8. The molecule has 0 aliphatic rings. The van der Waals surface area contributed by atoms with E-state index in [2.05, 4.69) is 82.3 Å². The third-order valence-corrected chi connectivity index (χ3v) is 7.35. The van der Waals surface area contributed by atoms with Crippen LogP contribution in [0.15, 0.2) is 78.9 Å². The molecule has 0 bridgehead atoms. The summed E-state index contributed by atoms with van der Waals surface area (Å²) < 4.78 is 0. The highest BCUT2D eigenvalue weighted by Crippen LogP contribution is 2.34. The van der Waals surface area contributed by atoms with Crippen molar-refractivity contribution in [2.24, 2.45) is 11.7 Å². The fourth-order valence-electron chi connectivity index (χ4n) is 5.40. The minimum absolute atomic E-state index is 0.235. The lowest BCUT2D eigenvalue weighted by Crippen LogP contribution is -2.30. The van der Waals surface area contributed by atoms with Crippen LogP contribution in [0.1, 0.15) is 80.8 Å². The molecule has 3 aromatic carbocycles. The highest BCUT2D eigenvalue weighted by molar-refractivity contribution is 5.82. The largest absolute Gasteiger partial charge is 0.508 e. The summed E-state index contributed by atoms with van der Waals surface area (Å²) in [5.41, 5.74) is 13.0. The Morgan fingerprint density at radius 1 is 0.919 bits per heavy atom. The number of nitrogens with two attached hydrogens (primary N) is 1. The lowest BCUT2D eigenvalue weighted by Gasteiger charge is -2.27. The quantitative estimate of drug-likeness (QED) is 0.233. The molecule has 2 atom stereocenters. The van der Waals surface area contributed by atoms with Crippen LogP contribution < -0.4 is 5.73 Å². The molecule has 0 saturated carbocycles. The molecule has 0 saturated heterocycles. The summed E-state index contributed by atoms with van der Waals surface area (Å²) in [5, 5.41) is 10.8. The first-order valence-electron chi connectivity index (χ1n) is 13.5. The van der Waals surface area contributed by atoms with Crippen molar-refractivity contribution >= 4 is 23.1 Å². The average molecular weight is 493 g/mol. The van der Waals surface area contributed by atoms with Gasteiger partial charge in [0.25, 0.3) is 0 Å². The number of aryl methyl sites for hydroxylation is 1. The van der Waals surface area contributed by atoms with E-state index in [1.807, 2.05) is 24.3 Å². The molecular formula is C34H40N2O. The van der Waals surface area contributed by atoms with E-state index in [1.165, 1.54) is 35.1 Å². The number of nitrogens with zero attached hydrogens (tertiary/aromatic N) is 1. The van der Waals surface area contributed by atoms with Gasteiger partial charge in [-0.15, -0.1) is 0 Å². The Bertz CT molecular complexity index is 1370. The fourth-order valence-corrected chi connectivity index (χ4v) is 5.40. The van der Waals surface area contributed by atoms with Gasteiger partial charge in [-0.05, 0) is 85.1 Å². The van der Waals surface area contributed by atoms with Crippen molar-refractivity contribution in [1.29, 1.82) is 0 Å². The zero-order valence-electron chi connectivity index (χ0n) is 22.6. The summed E-state index contributed by atoms with van der Waals surface area (Å²) in [5.74, 6) is 1.31. The van der Waals surface area contributed by atoms with Crippen LogP contribution in [0.3, 0.4) is 0 Å². The van der Waals surface area contributed by atoms with Crippen molar-refractivity contribution < 1.29 is 5.11 Å². The number of aromatic hydroxyl groups is 1. The number of phenolic OH excluding ortho intramolecular Hbond substituents is 1. The minimum Gasteiger partial charge on any atom is -0.508 e. The Hall–Kier alpha value is -3.43. The smallest absolute Gasteiger partial charge is 0.117 e. The molecule has 0 fully saturated rings. The highest BCUT2D eigenvalue weighted by atomic mass is 16.3. The Labute approximate surface area is 222 Å². The van der Waals surface area contributed by atoms with Gasteiger partial charge in [-0.1, -0.05) is 87.4 Å². The molecule has 3 nitrogen and oxygen atoms in total. The van der Waals surface area contributed by atoms with E-state index < -0.39 is 0 Å². The molecule has 192 valence electrons. The zero-order chi connectivity index (χ0) is 26.4. The van der Waals surface area contributed by atoms with Crippen molar-refractivity contribution in [3.8, 4) is 5.75 Å². The van der Waals surface area contributed by atoms with Gasteiger partial charge in [0, 0.05) is 17.0 Å². The number of phenols is 1. The fraction of sp³-hybridized carbons (Fsp3) is 0.324. The summed E-state index contributed by atoms with van der Waals surface area (Å²) >= 11 is 0. The molecule has 4 aromatic rings. The topological polar surface area (TPSA) is 59.1 Å². The molecule has 0 amide bonds. The highest BCUT2D eigenvalue weighted by Gasteiger charge is 2.22. The van der Waals surface area contributed by atoms with Crippen molar-refractivity contribution in [3.05, 3.63) is 107 Å². The molecule has 37 heavy (non-hydrogen) atoms. The lowest BCUT2D eigenvalue weighted by molar-refractivity contribution is 0.402. The van der Waals surface area contributed by atoms with Gasteiger partial charge in [0.1, 0.15) is 5.75 Å². The van der Waals surface area contributed by atoms with E-state index in [1.54, 1.807) is 12.1 Å². The maximum absolute atomic E-state index is 9.80. The van der Waals surface area contributed by atoms with E-state index in [-0.39, 0.29) is 11.3 Å². The molecule has 1 heterocycles. The molecule has 0 aliphatic heterocycles. The minimum atomic E-state index is -0.346. The molecule has 3 heteroatoms. The van der Waals surface area contributed by atoms with Crippen LogP contribution in [0.25, 0.3) is 23.1 Å². The summed E-state index contributed by atoms with van der Waals surface area (Å²) in [6, 6.07) is 26.9. The maximum Gasteiger partial charge on any atom is 0.117 e. The SMILES string of the molecule is CCCC(C)C(CCc1ccccc1C(C)(C)N)c1cccc(/C=C/c2ccc3ccc(O)cc3n2)c1. The average Bonchev–Trinajstić information content (AvgIpc) is 2.87.